The van der Waals surface area contributed by atoms with E-state index < -0.39 is 11.2 Å². The number of hydrogen-bond acceptors (Lipinski definition) is 3. The Morgan fingerprint density at radius 1 is 1.58 bits per heavy atom. The molecule has 6 nitrogen and oxygen atoms in total. The maximum atomic E-state index is 12.0. The topological polar surface area (TPSA) is 75.2 Å². The number of halogens is 1. The monoisotopic (exact) mass is 283 g/mol. The summed E-state index contributed by atoms with van der Waals surface area (Å²) in [5.74, 6) is 2.29. The van der Waals surface area contributed by atoms with Crippen LogP contribution in [0.4, 0.5) is 0 Å². The Labute approximate surface area is 115 Å². The molecule has 0 aliphatic rings. The quantitative estimate of drug-likeness (QED) is 0.587. The average molecular weight is 284 g/mol. The Hall–Kier alpha value is -2.00. The lowest BCUT2D eigenvalue weighted by Gasteiger charge is -2.19. The van der Waals surface area contributed by atoms with E-state index in [1.54, 1.807) is 6.92 Å². The van der Waals surface area contributed by atoms with Crippen LogP contribution in [0.25, 0.3) is 0 Å². The SMILES string of the molecule is C#CCN(CCCl)C(=O)Cn1cc(C)c(=O)[nH]c1=O. The molecule has 1 aromatic heterocycles. The Bertz CT molecular complexity index is 612. The molecule has 0 bridgehead atoms. The molecule has 1 amide bonds. The first-order valence-electron chi connectivity index (χ1n) is 5.57. The van der Waals surface area contributed by atoms with Crippen molar-refractivity contribution in [1.29, 1.82) is 0 Å². The molecule has 1 aromatic rings. The Balaban J connectivity index is 2.93. The summed E-state index contributed by atoms with van der Waals surface area (Å²) < 4.78 is 1.14. The molecule has 0 spiro atoms. The van der Waals surface area contributed by atoms with Gasteiger partial charge in [-0.15, -0.1) is 18.0 Å². The molecule has 1 heterocycles. The van der Waals surface area contributed by atoms with Gasteiger partial charge < -0.3 is 4.90 Å². The first-order chi connectivity index (χ1) is 8.99. The number of H-pyrrole nitrogens is 1. The van der Waals surface area contributed by atoms with Crippen molar-refractivity contribution in [1.82, 2.24) is 14.5 Å². The molecular formula is C12H14ClN3O3. The third-order valence-corrected chi connectivity index (χ3v) is 2.65. The molecule has 1 rings (SSSR count). The molecule has 0 saturated heterocycles. The summed E-state index contributed by atoms with van der Waals surface area (Å²) in [6.45, 7) is 1.80. The minimum Gasteiger partial charge on any atom is -0.329 e. The number of aromatic nitrogens is 2. The number of alkyl halides is 1. The van der Waals surface area contributed by atoms with E-state index >= 15 is 0 Å². The molecule has 7 heteroatoms. The fraction of sp³-hybridized carbons (Fsp3) is 0.417. The largest absolute Gasteiger partial charge is 0.329 e. The third-order valence-electron chi connectivity index (χ3n) is 2.48. The van der Waals surface area contributed by atoms with Crippen molar-refractivity contribution in [3.05, 3.63) is 32.6 Å². The fourth-order valence-electron chi connectivity index (χ4n) is 1.49. The van der Waals surface area contributed by atoms with Crippen LogP contribution < -0.4 is 11.2 Å². The molecule has 0 radical (unpaired) electrons. The molecule has 0 aliphatic heterocycles. The van der Waals surface area contributed by atoms with Gasteiger partial charge in [-0.05, 0) is 6.92 Å². The number of hydrogen-bond donors (Lipinski definition) is 1. The number of rotatable bonds is 5. The molecule has 0 aliphatic carbocycles. The molecule has 0 fully saturated rings. The van der Waals surface area contributed by atoms with E-state index in [-0.39, 0.29) is 24.9 Å². The average Bonchev–Trinajstić information content (AvgIpc) is 2.35. The molecule has 0 unspecified atom stereocenters. The van der Waals surface area contributed by atoms with Gasteiger partial charge in [0.1, 0.15) is 6.54 Å². The highest BCUT2D eigenvalue weighted by Gasteiger charge is 2.13. The second-order valence-electron chi connectivity index (χ2n) is 3.91. The third kappa shape index (κ3) is 4.00. The Morgan fingerprint density at radius 2 is 2.26 bits per heavy atom. The molecule has 1 N–H and O–H groups in total. The van der Waals surface area contributed by atoms with Crippen LogP contribution in [0, 0.1) is 19.3 Å². The second-order valence-corrected chi connectivity index (χ2v) is 4.29. The minimum absolute atomic E-state index is 0.128. The first-order valence-corrected chi connectivity index (χ1v) is 6.10. The Morgan fingerprint density at radius 3 is 2.84 bits per heavy atom. The number of terminal acetylenes is 1. The first kappa shape index (κ1) is 15.1. The lowest BCUT2D eigenvalue weighted by atomic mass is 10.3. The van der Waals surface area contributed by atoms with Gasteiger partial charge in [0.25, 0.3) is 5.56 Å². The fourth-order valence-corrected chi connectivity index (χ4v) is 1.69. The maximum Gasteiger partial charge on any atom is 0.328 e. The number of nitrogens with zero attached hydrogens (tertiary/aromatic N) is 2. The number of nitrogens with one attached hydrogen (secondary N) is 1. The van der Waals surface area contributed by atoms with E-state index in [4.69, 9.17) is 18.0 Å². The molecule has 102 valence electrons. The van der Waals surface area contributed by atoms with Crippen molar-refractivity contribution in [3.63, 3.8) is 0 Å². The van der Waals surface area contributed by atoms with Gasteiger partial charge in [0.2, 0.25) is 5.91 Å². The van der Waals surface area contributed by atoms with Gasteiger partial charge in [-0.3, -0.25) is 19.1 Å². The smallest absolute Gasteiger partial charge is 0.328 e. The van der Waals surface area contributed by atoms with Crippen molar-refractivity contribution in [2.45, 2.75) is 13.5 Å². The van der Waals surface area contributed by atoms with Crippen molar-refractivity contribution in [2.75, 3.05) is 19.0 Å². The van der Waals surface area contributed by atoms with Crippen LogP contribution in [0.15, 0.2) is 15.8 Å². The van der Waals surface area contributed by atoms with Gasteiger partial charge in [-0.2, -0.15) is 0 Å². The molecular weight excluding hydrogens is 270 g/mol. The summed E-state index contributed by atoms with van der Waals surface area (Å²) >= 11 is 5.58. The summed E-state index contributed by atoms with van der Waals surface area (Å²) in [5, 5.41) is 0. The van der Waals surface area contributed by atoms with E-state index in [9.17, 15) is 14.4 Å². The van der Waals surface area contributed by atoms with E-state index in [0.717, 1.165) is 4.57 Å². The number of carbonyl (C=O) groups excluding carboxylic acids is 1. The van der Waals surface area contributed by atoms with Crippen LogP contribution in [0.5, 0.6) is 0 Å². The van der Waals surface area contributed by atoms with E-state index in [1.807, 2.05) is 0 Å². The normalized spacial score (nSPS) is 9.95. The van der Waals surface area contributed by atoms with Crippen LogP contribution in [0.1, 0.15) is 5.56 Å². The molecule has 0 atom stereocenters. The van der Waals surface area contributed by atoms with Crippen LogP contribution in [0.2, 0.25) is 0 Å². The summed E-state index contributed by atoms with van der Waals surface area (Å²) in [4.78, 5) is 38.2. The van der Waals surface area contributed by atoms with Crippen LogP contribution in [-0.2, 0) is 11.3 Å². The van der Waals surface area contributed by atoms with Crippen LogP contribution in [0.3, 0.4) is 0 Å². The van der Waals surface area contributed by atoms with Gasteiger partial charge in [0.15, 0.2) is 0 Å². The highest BCUT2D eigenvalue weighted by molar-refractivity contribution is 6.18. The number of aromatic amines is 1. The minimum atomic E-state index is -0.629. The summed E-state index contributed by atoms with van der Waals surface area (Å²) in [7, 11) is 0. The predicted molar refractivity (Wildman–Crippen MR) is 72.2 cm³/mol. The lowest BCUT2D eigenvalue weighted by molar-refractivity contribution is -0.131. The predicted octanol–water partition coefficient (Wildman–Crippen LogP) is -0.454. The number of amides is 1. The van der Waals surface area contributed by atoms with Crippen LogP contribution >= 0.6 is 11.6 Å². The van der Waals surface area contributed by atoms with Gasteiger partial charge in [0.05, 0.1) is 6.54 Å². The van der Waals surface area contributed by atoms with E-state index in [0.29, 0.717) is 12.1 Å². The molecule has 19 heavy (non-hydrogen) atoms. The van der Waals surface area contributed by atoms with Gasteiger partial charge in [0, 0.05) is 24.2 Å². The highest BCUT2D eigenvalue weighted by Crippen LogP contribution is 1.94. The number of carbonyl (C=O) groups is 1. The van der Waals surface area contributed by atoms with Gasteiger partial charge >= 0.3 is 5.69 Å². The maximum absolute atomic E-state index is 12.0. The summed E-state index contributed by atoms with van der Waals surface area (Å²) in [6.07, 6.45) is 6.50. The molecule has 0 saturated carbocycles. The highest BCUT2D eigenvalue weighted by atomic mass is 35.5. The summed E-state index contributed by atoms with van der Waals surface area (Å²) in [5.41, 5.74) is -0.737. The van der Waals surface area contributed by atoms with Gasteiger partial charge in [-0.25, -0.2) is 4.79 Å². The summed E-state index contributed by atoms with van der Waals surface area (Å²) in [6, 6.07) is 0. The standard InChI is InChI=1S/C12H14ClN3O3/c1-3-5-15(6-4-13)10(17)8-16-7-9(2)11(18)14-12(16)19/h1,7H,4-6,8H2,2H3,(H,14,18,19). The zero-order valence-electron chi connectivity index (χ0n) is 10.5. The van der Waals surface area contributed by atoms with E-state index in [1.165, 1.54) is 11.1 Å². The van der Waals surface area contributed by atoms with Crippen molar-refractivity contribution in [2.24, 2.45) is 0 Å². The number of aryl methyl sites for hydroxylation is 1. The second kappa shape index (κ2) is 6.81. The molecule has 0 aromatic carbocycles. The van der Waals surface area contributed by atoms with Gasteiger partial charge in [-0.1, -0.05) is 5.92 Å². The van der Waals surface area contributed by atoms with Crippen molar-refractivity contribution < 1.29 is 4.79 Å². The van der Waals surface area contributed by atoms with Crippen LogP contribution in [-0.4, -0.2) is 39.3 Å². The van der Waals surface area contributed by atoms with E-state index in [2.05, 4.69) is 10.9 Å². The van der Waals surface area contributed by atoms with Crippen molar-refractivity contribution >= 4 is 17.5 Å². The Kier molecular flexibility index (Phi) is 5.39. The zero-order chi connectivity index (χ0) is 14.4. The van der Waals surface area contributed by atoms with Crippen molar-refractivity contribution in [3.8, 4) is 12.3 Å². The lowest BCUT2D eigenvalue weighted by Crippen LogP contribution is -2.39. The zero-order valence-corrected chi connectivity index (χ0v) is 11.2.